The van der Waals surface area contributed by atoms with Gasteiger partial charge in [-0.2, -0.15) is 0 Å². The van der Waals surface area contributed by atoms with E-state index in [0.29, 0.717) is 6.42 Å². The van der Waals surface area contributed by atoms with Gasteiger partial charge >= 0.3 is 0 Å². The normalized spacial score (nSPS) is 12.2. The van der Waals surface area contributed by atoms with Crippen molar-refractivity contribution in [3.8, 4) is 0 Å². The zero-order valence-corrected chi connectivity index (χ0v) is 11.9. The summed E-state index contributed by atoms with van der Waals surface area (Å²) >= 11 is 0. The third-order valence-electron chi connectivity index (χ3n) is 3.23. The first-order chi connectivity index (χ1) is 10.0. The van der Waals surface area contributed by atoms with Crippen LogP contribution in [0.5, 0.6) is 0 Å². The smallest absolute Gasteiger partial charge is 0.251 e. The lowest BCUT2D eigenvalue weighted by molar-refractivity contribution is 0.0931. The molecular weight excluding hydrogens is 276 g/mol. The lowest BCUT2D eigenvalue weighted by Gasteiger charge is -2.18. The minimum atomic E-state index is -1.04. The van der Waals surface area contributed by atoms with Gasteiger partial charge in [-0.05, 0) is 24.6 Å². The average molecular weight is 293 g/mol. The van der Waals surface area contributed by atoms with E-state index in [9.17, 15) is 13.6 Å². The van der Waals surface area contributed by atoms with E-state index >= 15 is 0 Å². The molecule has 4 nitrogen and oxygen atoms in total. The quantitative estimate of drug-likeness (QED) is 0.921. The molecular formula is C15H17F2N3O. The molecule has 112 valence electrons. The number of carbonyl (C=O) groups is 1. The number of benzene rings is 1. The van der Waals surface area contributed by atoms with Crippen LogP contribution in [0.1, 0.15) is 42.0 Å². The zero-order valence-electron chi connectivity index (χ0n) is 11.9. The predicted octanol–water partition coefficient (Wildman–Crippen LogP) is 2.97. The molecule has 1 amide bonds. The van der Waals surface area contributed by atoms with E-state index in [1.54, 1.807) is 12.4 Å². The Labute approximate surface area is 121 Å². The summed E-state index contributed by atoms with van der Waals surface area (Å²) in [5.74, 6) is -1.73. The molecule has 1 aromatic heterocycles. The van der Waals surface area contributed by atoms with Gasteiger partial charge in [0.05, 0.1) is 6.04 Å². The van der Waals surface area contributed by atoms with Crippen molar-refractivity contribution in [1.82, 2.24) is 14.9 Å². The summed E-state index contributed by atoms with van der Waals surface area (Å²) in [4.78, 5) is 16.4. The summed E-state index contributed by atoms with van der Waals surface area (Å²) in [7, 11) is 1.84. The molecule has 0 bridgehead atoms. The van der Waals surface area contributed by atoms with Crippen molar-refractivity contribution in [1.29, 1.82) is 0 Å². The van der Waals surface area contributed by atoms with Crippen LogP contribution in [0.3, 0.4) is 0 Å². The van der Waals surface area contributed by atoms with Crippen LogP contribution >= 0.6 is 0 Å². The Morgan fingerprint density at radius 2 is 2.14 bits per heavy atom. The number of rotatable bonds is 5. The average Bonchev–Trinajstić information content (AvgIpc) is 2.87. The standard InChI is InChI=1S/C15H17F2N3O/c1-3-4-13(14-18-7-8-20(14)2)19-15(21)10-5-6-11(16)12(17)9-10/h5-9,13H,3-4H2,1-2H3,(H,19,21). The minimum absolute atomic E-state index is 0.0872. The molecule has 0 radical (unpaired) electrons. The topological polar surface area (TPSA) is 46.9 Å². The number of imidazole rings is 1. The van der Waals surface area contributed by atoms with Gasteiger partial charge < -0.3 is 9.88 Å². The Kier molecular flexibility index (Phi) is 4.67. The summed E-state index contributed by atoms with van der Waals surface area (Å²) in [5.41, 5.74) is 0.0872. The Bertz CT molecular complexity index is 640. The van der Waals surface area contributed by atoms with Crippen molar-refractivity contribution < 1.29 is 13.6 Å². The minimum Gasteiger partial charge on any atom is -0.342 e. The van der Waals surface area contributed by atoms with E-state index in [4.69, 9.17) is 0 Å². The highest BCUT2D eigenvalue weighted by Crippen LogP contribution is 2.17. The van der Waals surface area contributed by atoms with Crippen LogP contribution in [0.15, 0.2) is 30.6 Å². The third-order valence-corrected chi connectivity index (χ3v) is 3.23. The van der Waals surface area contributed by atoms with Crippen LogP contribution in [0, 0.1) is 11.6 Å². The summed E-state index contributed by atoms with van der Waals surface area (Å²) in [6.45, 7) is 2.00. The van der Waals surface area contributed by atoms with Crippen molar-refractivity contribution in [2.24, 2.45) is 7.05 Å². The molecule has 1 heterocycles. The second-order valence-electron chi connectivity index (χ2n) is 4.84. The fraction of sp³-hybridized carbons (Fsp3) is 0.333. The fourth-order valence-electron chi connectivity index (χ4n) is 2.15. The molecule has 0 saturated carbocycles. The van der Waals surface area contributed by atoms with Crippen LogP contribution < -0.4 is 5.32 Å². The molecule has 21 heavy (non-hydrogen) atoms. The Balaban J connectivity index is 2.18. The number of aryl methyl sites for hydroxylation is 1. The molecule has 2 aromatic rings. The first kappa shape index (κ1) is 15.2. The Morgan fingerprint density at radius 3 is 2.71 bits per heavy atom. The fourth-order valence-corrected chi connectivity index (χ4v) is 2.15. The van der Waals surface area contributed by atoms with Crippen molar-refractivity contribution >= 4 is 5.91 Å². The molecule has 0 fully saturated rings. The second-order valence-corrected chi connectivity index (χ2v) is 4.84. The highest BCUT2D eigenvalue weighted by Gasteiger charge is 2.19. The number of amides is 1. The van der Waals surface area contributed by atoms with Crippen molar-refractivity contribution in [3.63, 3.8) is 0 Å². The summed E-state index contributed by atoms with van der Waals surface area (Å²) < 4.78 is 27.9. The first-order valence-electron chi connectivity index (χ1n) is 6.76. The van der Waals surface area contributed by atoms with Crippen LogP contribution in [-0.2, 0) is 7.05 Å². The molecule has 0 spiro atoms. The van der Waals surface area contributed by atoms with E-state index in [2.05, 4.69) is 10.3 Å². The number of hydrogen-bond donors (Lipinski definition) is 1. The Hall–Kier alpha value is -2.24. The third kappa shape index (κ3) is 3.45. The number of nitrogens with one attached hydrogen (secondary N) is 1. The molecule has 0 aliphatic carbocycles. The van der Waals surface area contributed by atoms with E-state index in [-0.39, 0.29) is 11.6 Å². The molecule has 1 unspecified atom stereocenters. The van der Waals surface area contributed by atoms with Gasteiger partial charge in [0.2, 0.25) is 0 Å². The van der Waals surface area contributed by atoms with E-state index in [0.717, 1.165) is 24.4 Å². The molecule has 1 N–H and O–H groups in total. The Morgan fingerprint density at radius 1 is 1.38 bits per heavy atom. The van der Waals surface area contributed by atoms with Gasteiger partial charge in [-0.15, -0.1) is 0 Å². The number of hydrogen-bond acceptors (Lipinski definition) is 2. The van der Waals surface area contributed by atoms with Gasteiger partial charge in [0, 0.05) is 25.0 Å². The zero-order chi connectivity index (χ0) is 15.4. The van der Waals surface area contributed by atoms with Crippen molar-refractivity contribution in [2.75, 3.05) is 0 Å². The predicted molar refractivity (Wildman–Crippen MR) is 74.7 cm³/mol. The second kappa shape index (κ2) is 6.47. The van der Waals surface area contributed by atoms with Crippen LogP contribution in [0.4, 0.5) is 8.78 Å². The lowest BCUT2D eigenvalue weighted by atomic mass is 10.1. The van der Waals surface area contributed by atoms with E-state index in [1.165, 1.54) is 6.07 Å². The van der Waals surface area contributed by atoms with Crippen LogP contribution in [0.25, 0.3) is 0 Å². The first-order valence-corrected chi connectivity index (χ1v) is 6.76. The summed E-state index contributed by atoms with van der Waals surface area (Å²) in [5, 5.41) is 2.81. The maximum Gasteiger partial charge on any atom is 0.251 e. The molecule has 6 heteroatoms. The molecule has 1 aromatic carbocycles. The highest BCUT2D eigenvalue weighted by atomic mass is 19.2. The number of carbonyl (C=O) groups excluding carboxylic acids is 1. The molecule has 1 atom stereocenters. The SMILES string of the molecule is CCCC(NC(=O)c1ccc(F)c(F)c1)c1nccn1C. The summed E-state index contributed by atoms with van der Waals surface area (Å²) in [6.07, 6.45) is 5.01. The molecule has 0 aliphatic rings. The van der Waals surface area contributed by atoms with Gasteiger partial charge in [0.1, 0.15) is 5.82 Å². The van der Waals surface area contributed by atoms with Gasteiger partial charge in [-0.3, -0.25) is 4.79 Å². The van der Waals surface area contributed by atoms with Gasteiger partial charge in [-0.1, -0.05) is 13.3 Å². The van der Waals surface area contributed by atoms with Crippen LogP contribution in [0.2, 0.25) is 0 Å². The van der Waals surface area contributed by atoms with Gasteiger partial charge in [0.25, 0.3) is 5.91 Å². The van der Waals surface area contributed by atoms with E-state index in [1.807, 2.05) is 18.5 Å². The monoisotopic (exact) mass is 293 g/mol. The highest BCUT2D eigenvalue weighted by molar-refractivity contribution is 5.94. The number of nitrogens with zero attached hydrogens (tertiary/aromatic N) is 2. The maximum atomic E-state index is 13.2. The van der Waals surface area contributed by atoms with Gasteiger partial charge in [0.15, 0.2) is 11.6 Å². The van der Waals surface area contributed by atoms with E-state index < -0.39 is 17.5 Å². The largest absolute Gasteiger partial charge is 0.342 e. The summed E-state index contributed by atoms with van der Waals surface area (Å²) in [6, 6.07) is 2.83. The number of halogens is 2. The van der Waals surface area contributed by atoms with Crippen LogP contribution in [-0.4, -0.2) is 15.5 Å². The van der Waals surface area contributed by atoms with Crippen molar-refractivity contribution in [2.45, 2.75) is 25.8 Å². The van der Waals surface area contributed by atoms with Crippen molar-refractivity contribution in [3.05, 3.63) is 53.6 Å². The maximum absolute atomic E-state index is 13.2. The lowest BCUT2D eigenvalue weighted by Crippen LogP contribution is -2.30. The molecule has 0 aliphatic heterocycles. The molecule has 0 saturated heterocycles. The van der Waals surface area contributed by atoms with Gasteiger partial charge in [-0.25, -0.2) is 13.8 Å². The molecule has 2 rings (SSSR count). The number of aromatic nitrogens is 2.